The second-order valence-electron chi connectivity index (χ2n) is 5.57. The number of rotatable bonds is 4. The third-order valence-corrected chi connectivity index (χ3v) is 4.85. The van der Waals surface area contributed by atoms with Gasteiger partial charge in [0.15, 0.2) is 0 Å². The Morgan fingerprint density at radius 3 is 2.86 bits per heavy atom. The lowest BCUT2D eigenvalue weighted by Crippen LogP contribution is -2.47. The lowest BCUT2D eigenvalue weighted by molar-refractivity contribution is -0.132. The van der Waals surface area contributed by atoms with Gasteiger partial charge in [-0.15, -0.1) is 11.3 Å². The normalized spacial score (nSPS) is 16.0. The van der Waals surface area contributed by atoms with Crippen LogP contribution in [0.3, 0.4) is 0 Å². The number of pyridine rings is 1. The van der Waals surface area contributed by atoms with Crippen molar-refractivity contribution in [2.45, 2.75) is 12.8 Å². The number of piperazine rings is 1. The Hall–Kier alpha value is -1.79. The van der Waals surface area contributed by atoms with Gasteiger partial charge >= 0.3 is 0 Å². The summed E-state index contributed by atoms with van der Waals surface area (Å²) < 4.78 is 0. The average molecular weight is 316 g/mol. The van der Waals surface area contributed by atoms with E-state index in [-0.39, 0.29) is 5.91 Å². The molecule has 5 nitrogen and oxygen atoms in total. The summed E-state index contributed by atoms with van der Waals surface area (Å²) in [7, 11) is 2.09. The maximum Gasteiger partial charge on any atom is 0.223 e. The molecule has 22 heavy (non-hydrogen) atoms. The molecule has 1 aliphatic heterocycles. The van der Waals surface area contributed by atoms with Crippen LogP contribution in [0.25, 0.3) is 10.6 Å². The minimum atomic E-state index is 0.240. The molecule has 2 aromatic rings. The molecule has 1 fully saturated rings. The molecule has 6 heteroatoms. The molecule has 116 valence electrons. The first kappa shape index (κ1) is 15.1. The molecule has 1 amide bonds. The van der Waals surface area contributed by atoms with E-state index < -0.39 is 0 Å². The number of aromatic nitrogens is 2. The molecule has 3 rings (SSSR count). The number of nitrogens with zero attached hydrogens (tertiary/aromatic N) is 4. The van der Waals surface area contributed by atoms with Crippen LogP contribution in [0.15, 0.2) is 29.9 Å². The Labute approximate surface area is 134 Å². The third-order valence-electron chi connectivity index (χ3n) is 3.91. The first-order chi connectivity index (χ1) is 10.7. The van der Waals surface area contributed by atoms with Gasteiger partial charge in [0.1, 0.15) is 5.01 Å². The van der Waals surface area contributed by atoms with E-state index in [4.69, 9.17) is 0 Å². The molecule has 2 aromatic heterocycles. The SMILES string of the molecule is CN1CCN(C(=O)CCc2csc(-c3cccnc3)n2)CC1. The second kappa shape index (κ2) is 6.98. The summed E-state index contributed by atoms with van der Waals surface area (Å²) in [5, 5.41) is 3.01. The lowest BCUT2D eigenvalue weighted by Gasteiger charge is -2.32. The average Bonchev–Trinajstić information content (AvgIpc) is 3.03. The minimum absolute atomic E-state index is 0.240. The molecular weight excluding hydrogens is 296 g/mol. The van der Waals surface area contributed by atoms with Crippen LogP contribution in [-0.2, 0) is 11.2 Å². The van der Waals surface area contributed by atoms with E-state index in [0.717, 1.165) is 42.4 Å². The standard InChI is InChI=1S/C16H20N4OS/c1-19-7-9-20(10-8-19)15(21)5-4-14-12-22-16(18-14)13-3-2-6-17-11-13/h2-3,6,11-12H,4-5,7-10H2,1H3. The van der Waals surface area contributed by atoms with Crippen LogP contribution >= 0.6 is 11.3 Å². The maximum absolute atomic E-state index is 12.2. The highest BCUT2D eigenvalue weighted by atomic mass is 32.1. The van der Waals surface area contributed by atoms with Gasteiger partial charge in [0.25, 0.3) is 0 Å². The zero-order chi connectivity index (χ0) is 15.4. The summed E-state index contributed by atoms with van der Waals surface area (Å²) >= 11 is 1.61. The highest BCUT2D eigenvalue weighted by molar-refractivity contribution is 7.13. The molecular formula is C16H20N4OS. The monoisotopic (exact) mass is 316 g/mol. The van der Waals surface area contributed by atoms with Crippen molar-refractivity contribution in [2.24, 2.45) is 0 Å². The number of thiazole rings is 1. The van der Waals surface area contributed by atoms with Gasteiger partial charge in [0.2, 0.25) is 5.91 Å². The Morgan fingerprint density at radius 2 is 2.14 bits per heavy atom. The highest BCUT2D eigenvalue weighted by Gasteiger charge is 2.19. The van der Waals surface area contributed by atoms with Gasteiger partial charge in [-0.3, -0.25) is 9.78 Å². The minimum Gasteiger partial charge on any atom is -0.340 e. The third kappa shape index (κ3) is 3.69. The van der Waals surface area contributed by atoms with Crippen molar-refractivity contribution in [3.8, 4) is 10.6 Å². The van der Waals surface area contributed by atoms with Gasteiger partial charge in [-0.05, 0) is 25.6 Å². The summed E-state index contributed by atoms with van der Waals surface area (Å²) in [4.78, 5) is 25.2. The lowest BCUT2D eigenvalue weighted by atomic mass is 10.2. The fourth-order valence-electron chi connectivity index (χ4n) is 2.49. The largest absolute Gasteiger partial charge is 0.340 e. The fourth-order valence-corrected chi connectivity index (χ4v) is 3.34. The number of hydrogen-bond donors (Lipinski definition) is 0. The van der Waals surface area contributed by atoms with E-state index in [1.54, 1.807) is 17.5 Å². The van der Waals surface area contributed by atoms with Crippen molar-refractivity contribution >= 4 is 17.2 Å². The van der Waals surface area contributed by atoms with Crippen LogP contribution in [-0.4, -0.2) is 58.9 Å². The van der Waals surface area contributed by atoms with Gasteiger partial charge in [0, 0.05) is 55.9 Å². The molecule has 0 N–H and O–H groups in total. The number of carbonyl (C=O) groups excluding carboxylic acids is 1. The summed E-state index contributed by atoms with van der Waals surface area (Å²) in [6, 6.07) is 3.91. The zero-order valence-corrected chi connectivity index (χ0v) is 13.6. The first-order valence-corrected chi connectivity index (χ1v) is 8.41. The van der Waals surface area contributed by atoms with Crippen LogP contribution in [0.5, 0.6) is 0 Å². The van der Waals surface area contributed by atoms with E-state index in [1.165, 1.54) is 0 Å². The molecule has 0 bridgehead atoms. The second-order valence-corrected chi connectivity index (χ2v) is 6.43. The molecule has 0 atom stereocenters. The van der Waals surface area contributed by atoms with Crippen LogP contribution in [0.4, 0.5) is 0 Å². The Kier molecular flexibility index (Phi) is 4.80. The number of aryl methyl sites for hydroxylation is 1. The van der Waals surface area contributed by atoms with Crippen LogP contribution in [0, 0.1) is 0 Å². The van der Waals surface area contributed by atoms with E-state index in [2.05, 4.69) is 21.9 Å². The molecule has 0 aliphatic carbocycles. The molecule has 0 radical (unpaired) electrons. The fraction of sp³-hybridized carbons (Fsp3) is 0.438. The van der Waals surface area contributed by atoms with Gasteiger partial charge < -0.3 is 9.80 Å². The molecule has 0 spiro atoms. The Balaban J connectivity index is 1.54. The molecule has 3 heterocycles. The summed E-state index contributed by atoms with van der Waals surface area (Å²) in [6.45, 7) is 3.61. The molecule has 0 saturated carbocycles. The van der Waals surface area contributed by atoms with Gasteiger partial charge in [-0.25, -0.2) is 4.98 Å². The summed E-state index contributed by atoms with van der Waals surface area (Å²) in [6.07, 6.45) is 4.83. The number of hydrogen-bond acceptors (Lipinski definition) is 5. The smallest absolute Gasteiger partial charge is 0.223 e. The maximum atomic E-state index is 12.2. The van der Waals surface area contributed by atoms with Gasteiger partial charge in [-0.1, -0.05) is 0 Å². The van der Waals surface area contributed by atoms with Crippen LogP contribution < -0.4 is 0 Å². The first-order valence-electron chi connectivity index (χ1n) is 7.53. The van der Waals surface area contributed by atoms with Crippen LogP contribution in [0.1, 0.15) is 12.1 Å². The highest BCUT2D eigenvalue weighted by Crippen LogP contribution is 2.23. The summed E-state index contributed by atoms with van der Waals surface area (Å²) in [5.41, 5.74) is 2.02. The van der Waals surface area contributed by atoms with Gasteiger partial charge in [-0.2, -0.15) is 0 Å². The van der Waals surface area contributed by atoms with Crippen molar-refractivity contribution in [2.75, 3.05) is 33.2 Å². The predicted octanol–water partition coefficient (Wildman–Crippen LogP) is 1.91. The number of carbonyl (C=O) groups is 1. The van der Waals surface area contributed by atoms with Crippen molar-refractivity contribution in [3.63, 3.8) is 0 Å². The Morgan fingerprint density at radius 1 is 1.32 bits per heavy atom. The Bertz CT molecular complexity index is 620. The molecule has 1 saturated heterocycles. The summed E-state index contributed by atoms with van der Waals surface area (Å²) in [5.74, 6) is 0.240. The van der Waals surface area contributed by atoms with E-state index >= 15 is 0 Å². The topological polar surface area (TPSA) is 49.3 Å². The zero-order valence-electron chi connectivity index (χ0n) is 12.7. The van der Waals surface area contributed by atoms with Gasteiger partial charge in [0.05, 0.1) is 5.69 Å². The van der Waals surface area contributed by atoms with E-state index in [9.17, 15) is 4.79 Å². The molecule has 1 aliphatic rings. The van der Waals surface area contributed by atoms with E-state index in [1.807, 2.05) is 28.6 Å². The van der Waals surface area contributed by atoms with E-state index in [0.29, 0.717) is 12.8 Å². The van der Waals surface area contributed by atoms with Crippen molar-refractivity contribution in [1.82, 2.24) is 19.8 Å². The molecule has 0 aromatic carbocycles. The predicted molar refractivity (Wildman–Crippen MR) is 87.7 cm³/mol. The quantitative estimate of drug-likeness (QED) is 0.864. The van der Waals surface area contributed by atoms with Crippen molar-refractivity contribution in [1.29, 1.82) is 0 Å². The number of amides is 1. The van der Waals surface area contributed by atoms with Crippen LogP contribution in [0.2, 0.25) is 0 Å². The van der Waals surface area contributed by atoms with Crippen molar-refractivity contribution in [3.05, 3.63) is 35.6 Å². The molecule has 0 unspecified atom stereocenters. The number of likely N-dealkylation sites (N-methyl/N-ethyl adjacent to an activating group) is 1. The van der Waals surface area contributed by atoms with Crippen molar-refractivity contribution < 1.29 is 4.79 Å².